The fourth-order valence-electron chi connectivity index (χ4n) is 0.756. The van der Waals surface area contributed by atoms with Gasteiger partial charge >= 0.3 is 0 Å². The highest BCUT2D eigenvalue weighted by atomic mass is 32.2. The van der Waals surface area contributed by atoms with Crippen LogP contribution in [0.3, 0.4) is 0 Å². The lowest BCUT2D eigenvalue weighted by atomic mass is 10.5. The zero-order valence-corrected chi connectivity index (χ0v) is 9.70. The van der Waals surface area contributed by atoms with Crippen molar-refractivity contribution in [1.82, 2.24) is 9.97 Å². The molecule has 1 rings (SSSR count). The maximum atomic E-state index is 4.21. The minimum atomic E-state index is 0.689. The summed E-state index contributed by atoms with van der Waals surface area (Å²) in [6.07, 6.45) is 2.00. The van der Waals surface area contributed by atoms with Gasteiger partial charge in [-0.15, -0.1) is 11.8 Å². The van der Waals surface area contributed by atoms with Crippen molar-refractivity contribution >= 4 is 17.7 Å². The van der Waals surface area contributed by atoms with Gasteiger partial charge in [0.1, 0.15) is 5.03 Å². The SMILES string of the molecule is CC.CNc1nc(C)cc(SC)n1. The predicted octanol–water partition coefficient (Wildman–Crippen LogP) is 2.57. The average molecular weight is 199 g/mol. The summed E-state index contributed by atoms with van der Waals surface area (Å²) in [7, 11) is 1.82. The third kappa shape index (κ3) is 4.12. The first kappa shape index (κ1) is 12.2. The van der Waals surface area contributed by atoms with Gasteiger partial charge < -0.3 is 5.32 Å². The zero-order valence-electron chi connectivity index (χ0n) is 8.88. The number of anilines is 1. The van der Waals surface area contributed by atoms with Crippen LogP contribution in [0, 0.1) is 6.92 Å². The summed E-state index contributed by atoms with van der Waals surface area (Å²) in [5.41, 5.74) is 0.994. The third-order valence-electron chi connectivity index (χ3n) is 1.26. The highest BCUT2D eigenvalue weighted by Gasteiger charge is 1.97. The van der Waals surface area contributed by atoms with Crippen molar-refractivity contribution in [1.29, 1.82) is 0 Å². The summed E-state index contributed by atoms with van der Waals surface area (Å²) < 4.78 is 0. The molecule has 3 nitrogen and oxygen atoms in total. The Morgan fingerprint density at radius 3 is 2.38 bits per heavy atom. The van der Waals surface area contributed by atoms with E-state index in [-0.39, 0.29) is 0 Å². The Balaban J connectivity index is 0.000000671. The van der Waals surface area contributed by atoms with Crippen molar-refractivity contribution in [2.75, 3.05) is 18.6 Å². The van der Waals surface area contributed by atoms with E-state index in [1.165, 1.54) is 0 Å². The van der Waals surface area contributed by atoms with Gasteiger partial charge in [-0.1, -0.05) is 13.8 Å². The number of hydrogen-bond acceptors (Lipinski definition) is 4. The van der Waals surface area contributed by atoms with Gasteiger partial charge in [0.25, 0.3) is 0 Å². The van der Waals surface area contributed by atoms with E-state index in [1.807, 2.05) is 40.1 Å². The van der Waals surface area contributed by atoms with E-state index in [4.69, 9.17) is 0 Å². The molecule has 1 N–H and O–H groups in total. The number of hydrogen-bond donors (Lipinski definition) is 1. The molecule has 0 unspecified atom stereocenters. The normalized spacial score (nSPS) is 8.69. The van der Waals surface area contributed by atoms with E-state index in [0.29, 0.717) is 5.95 Å². The second-order valence-corrected chi connectivity index (χ2v) is 2.95. The van der Waals surface area contributed by atoms with Crippen LogP contribution in [0.5, 0.6) is 0 Å². The molecule has 0 aliphatic heterocycles. The van der Waals surface area contributed by atoms with E-state index in [9.17, 15) is 0 Å². The molecule has 13 heavy (non-hydrogen) atoms. The molecule has 0 radical (unpaired) electrons. The van der Waals surface area contributed by atoms with Gasteiger partial charge in [-0.3, -0.25) is 0 Å². The first-order chi connectivity index (χ1) is 6.26. The smallest absolute Gasteiger partial charge is 0.223 e. The molecular formula is C9H17N3S. The Morgan fingerprint density at radius 1 is 1.31 bits per heavy atom. The highest BCUT2D eigenvalue weighted by Crippen LogP contribution is 2.13. The Kier molecular flexibility index (Phi) is 6.32. The molecule has 4 heteroatoms. The fraction of sp³-hybridized carbons (Fsp3) is 0.556. The van der Waals surface area contributed by atoms with Crippen LogP contribution >= 0.6 is 11.8 Å². The van der Waals surface area contributed by atoms with Crippen molar-refractivity contribution in [3.05, 3.63) is 11.8 Å². The molecule has 0 spiro atoms. The van der Waals surface area contributed by atoms with Gasteiger partial charge in [0, 0.05) is 12.7 Å². The molecule has 1 heterocycles. The number of aryl methyl sites for hydroxylation is 1. The van der Waals surface area contributed by atoms with Crippen molar-refractivity contribution in [2.45, 2.75) is 25.8 Å². The molecule has 0 aliphatic rings. The average Bonchev–Trinajstić information content (AvgIpc) is 2.20. The fourth-order valence-corrected chi connectivity index (χ4v) is 1.22. The van der Waals surface area contributed by atoms with Crippen LogP contribution in [0.2, 0.25) is 0 Å². The van der Waals surface area contributed by atoms with Crippen LogP contribution in [0.25, 0.3) is 0 Å². The lowest BCUT2D eigenvalue weighted by Gasteiger charge is -2.01. The molecule has 0 fully saturated rings. The van der Waals surface area contributed by atoms with Gasteiger partial charge in [-0.05, 0) is 19.2 Å². The number of rotatable bonds is 2. The lowest BCUT2D eigenvalue weighted by molar-refractivity contribution is 1.01. The lowest BCUT2D eigenvalue weighted by Crippen LogP contribution is -1.98. The van der Waals surface area contributed by atoms with Crippen molar-refractivity contribution < 1.29 is 0 Å². The summed E-state index contributed by atoms with van der Waals surface area (Å²) in [5.74, 6) is 0.689. The molecule has 0 aliphatic carbocycles. The van der Waals surface area contributed by atoms with E-state index >= 15 is 0 Å². The minimum absolute atomic E-state index is 0.689. The molecule has 0 aromatic carbocycles. The Labute approximate surface area is 84.4 Å². The summed E-state index contributed by atoms with van der Waals surface area (Å²) >= 11 is 1.62. The van der Waals surface area contributed by atoms with Crippen LogP contribution in [0.15, 0.2) is 11.1 Å². The van der Waals surface area contributed by atoms with Gasteiger partial charge in [-0.25, -0.2) is 9.97 Å². The second-order valence-electron chi connectivity index (χ2n) is 2.13. The van der Waals surface area contributed by atoms with Gasteiger partial charge in [-0.2, -0.15) is 0 Å². The Bertz CT molecular complexity index is 228. The van der Waals surface area contributed by atoms with Crippen molar-refractivity contribution in [2.24, 2.45) is 0 Å². The molecule has 0 saturated carbocycles. The molecule has 74 valence electrons. The van der Waals surface area contributed by atoms with Crippen molar-refractivity contribution in [3.8, 4) is 0 Å². The summed E-state index contributed by atoms with van der Waals surface area (Å²) in [5, 5.41) is 3.91. The van der Waals surface area contributed by atoms with E-state index < -0.39 is 0 Å². The maximum absolute atomic E-state index is 4.21. The topological polar surface area (TPSA) is 37.8 Å². The number of aromatic nitrogens is 2. The monoisotopic (exact) mass is 199 g/mol. The molecular weight excluding hydrogens is 182 g/mol. The summed E-state index contributed by atoms with van der Waals surface area (Å²) in [6.45, 7) is 5.96. The summed E-state index contributed by atoms with van der Waals surface area (Å²) in [4.78, 5) is 8.38. The molecule has 0 saturated heterocycles. The van der Waals surface area contributed by atoms with E-state index in [0.717, 1.165) is 10.7 Å². The first-order valence-electron chi connectivity index (χ1n) is 4.33. The minimum Gasteiger partial charge on any atom is -0.357 e. The number of thioether (sulfide) groups is 1. The van der Waals surface area contributed by atoms with Crippen LogP contribution in [0.4, 0.5) is 5.95 Å². The van der Waals surface area contributed by atoms with Crippen LogP contribution in [-0.4, -0.2) is 23.3 Å². The van der Waals surface area contributed by atoms with E-state index in [2.05, 4.69) is 15.3 Å². The number of nitrogens with one attached hydrogen (secondary N) is 1. The quantitative estimate of drug-likeness (QED) is 0.587. The van der Waals surface area contributed by atoms with Gasteiger partial charge in [0.05, 0.1) is 0 Å². The summed E-state index contributed by atoms with van der Waals surface area (Å²) in [6, 6.07) is 1.96. The van der Waals surface area contributed by atoms with Crippen LogP contribution in [0.1, 0.15) is 19.5 Å². The van der Waals surface area contributed by atoms with Crippen molar-refractivity contribution in [3.63, 3.8) is 0 Å². The van der Waals surface area contributed by atoms with Crippen LogP contribution in [-0.2, 0) is 0 Å². The number of nitrogens with zero attached hydrogens (tertiary/aromatic N) is 2. The standard InChI is InChI=1S/C7H11N3S.C2H6/c1-5-4-6(11-3)10-7(8-2)9-5;1-2/h4H,1-3H3,(H,8,9,10);1-2H3. The van der Waals surface area contributed by atoms with E-state index in [1.54, 1.807) is 11.8 Å². The predicted molar refractivity (Wildman–Crippen MR) is 59.4 cm³/mol. The Hall–Kier alpha value is -0.770. The highest BCUT2D eigenvalue weighted by molar-refractivity contribution is 7.98. The maximum Gasteiger partial charge on any atom is 0.223 e. The first-order valence-corrected chi connectivity index (χ1v) is 5.56. The molecule has 0 atom stereocenters. The Morgan fingerprint density at radius 2 is 1.92 bits per heavy atom. The third-order valence-corrected chi connectivity index (χ3v) is 1.89. The van der Waals surface area contributed by atoms with Gasteiger partial charge in [0.15, 0.2) is 0 Å². The van der Waals surface area contributed by atoms with Crippen LogP contribution < -0.4 is 5.32 Å². The molecule has 0 bridgehead atoms. The molecule has 1 aromatic rings. The molecule has 1 aromatic heterocycles. The molecule has 0 amide bonds. The largest absolute Gasteiger partial charge is 0.357 e. The second kappa shape index (κ2) is 6.71. The van der Waals surface area contributed by atoms with Gasteiger partial charge in [0.2, 0.25) is 5.95 Å². The zero-order chi connectivity index (χ0) is 10.3.